The van der Waals surface area contributed by atoms with E-state index >= 15 is 0 Å². The molecule has 2 aromatic carbocycles. The maximum Gasteiger partial charge on any atom is 0.294 e. The molecule has 0 saturated carbocycles. The van der Waals surface area contributed by atoms with E-state index in [1.807, 2.05) is 57.4 Å². The van der Waals surface area contributed by atoms with Gasteiger partial charge in [-0.05, 0) is 74.9 Å². The van der Waals surface area contributed by atoms with Crippen LogP contribution in [0, 0.1) is 0 Å². The van der Waals surface area contributed by atoms with E-state index in [4.69, 9.17) is 0 Å². The molecular formula is C30H35N2O7S3+. The molecule has 3 heterocycles. The minimum absolute atomic E-state index is 0.148. The van der Waals surface area contributed by atoms with Gasteiger partial charge in [0.25, 0.3) is 20.2 Å². The molecule has 0 aromatic heterocycles. The van der Waals surface area contributed by atoms with E-state index in [9.17, 15) is 31.0 Å². The topological polar surface area (TPSA) is 135 Å². The van der Waals surface area contributed by atoms with E-state index in [1.54, 1.807) is 23.9 Å². The molecule has 0 atom stereocenters. The minimum Gasteiger partial charge on any atom is -0.506 e. The van der Waals surface area contributed by atoms with Gasteiger partial charge in [-0.2, -0.15) is 21.4 Å². The summed E-state index contributed by atoms with van der Waals surface area (Å²) >= 11 is 1.56. The molecule has 9 nitrogen and oxygen atoms in total. The summed E-state index contributed by atoms with van der Waals surface area (Å²) < 4.78 is 69.1. The first-order chi connectivity index (χ1) is 19.4. The molecule has 0 aliphatic carbocycles. The summed E-state index contributed by atoms with van der Waals surface area (Å²) in [5.74, 6) is 0.956. The summed E-state index contributed by atoms with van der Waals surface area (Å²) in [6, 6.07) is 9.20. The van der Waals surface area contributed by atoms with Gasteiger partial charge in [0.15, 0.2) is 11.5 Å². The van der Waals surface area contributed by atoms with Gasteiger partial charge >= 0.3 is 0 Å². The number of aliphatic hydroxyl groups is 1. The second kappa shape index (κ2) is 10.4. The zero-order valence-corrected chi connectivity index (χ0v) is 26.6. The van der Waals surface area contributed by atoms with Crippen LogP contribution in [0.1, 0.15) is 52.2 Å². The minimum atomic E-state index is -4.41. The van der Waals surface area contributed by atoms with Crippen molar-refractivity contribution in [1.29, 1.82) is 0 Å². The van der Waals surface area contributed by atoms with Crippen LogP contribution in [0.15, 0.2) is 80.8 Å². The molecule has 0 unspecified atom stereocenters. The molecule has 0 fully saturated rings. The lowest BCUT2D eigenvalue weighted by Crippen LogP contribution is -2.29. The summed E-state index contributed by atoms with van der Waals surface area (Å²) in [4.78, 5) is 2.62. The molecule has 0 bridgehead atoms. The van der Waals surface area contributed by atoms with Crippen LogP contribution >= 0.6 is 11.8 Å². The highest BCUT2D eigenvalue weighted by molar-refractivity contribution is 8.03. The Balaban J connectivity index is 1.67. The number of hydrogen-bond acceptors (Lipinski definition) is 7. The third-order valence-corrected chi connectivity index (χ3v) is 11.3. The fraction of sp³-hybridized carbons (Fsp3) is 0.367. The Morgan fingerprint density at radius 1 is 0.905 bits per heavy atom. The number of thioether (sulfide) groups is 1. The lowest BCUT2D eigenvalue weighted by atomic mass is 9.81. The van der Waals surface area contributed by atoms with E-state index in [-0.39, 0.29) is 22.1 Å². The lowest BCUT2D eigenvalue weighted by molar-refractivity contribution is -0.432. The molecule has 0 spiro atoms. The Bertz CT molecular complexity index is 1830. The number of allylic oxidation sites excluding steroid dienone is 5. The van der Waals surface area contributed by atoms with E-state index in [0.717, 1.165) is 45.4 Å². The smallest absolute Gasteiger partial charge is 0.294 e. The predicted octanol–water partition coefficient (Wildman–Crippen LogP) is 5.72. The largest absolute Gasteiger partial charge is 0.506 e. The molecular weight excluding hydrogens is 597 g/mol. The number of benzene rings is 2. The first-order valence-corrected chi connectivity index (χ1v) is 17.4. The number of nitrogens with zero attached hydrogens (tertiary/aromatic N) is 2. The van der Waals surface area contributed by atoms with Crippen molar-refractivity contribution in [3.05, 3.63) is 82.1 Å². The predicted molar refractivity (Wildman–Crippen MR) is 165 cm³/mol. The Morgan fingerprint density at radius 3 is 2.17 bits per heavy atom. The van der Waals surface area contributed by atoms with Gasteiger partial charge < -0.3 is 10.0 Å². The number of rotatable bonds is 2. The number of aliphatic hydroxyl groups excluding tert-OH is 1. The summed E-state index contributed by atoms with van der Waals surface area (Å²) in [7, 11) is -8.78. The van der Waals surface area contributed by atoms with Crippen molar-refractivity contribution < 1.29 is 35.6 Å². The standard InChI is InChI=1S/C30H34N2O7S3/c1-19-26(33)18-32-25-13-11-21(42(37,38)39)17-23(25)30(4,5)28(32)9-6-8-27-29(2,3)22-16-20(41(34,35)36)10-12-24(22)31(27)14-7-15-40-19/h6,8-13,16-17H,7,14-15,18H2,1-5H3,(H2-,33,34,35,36,37,38,39)/p+1/b26-19+. The quantitative estimate of drug-likeness (QED) is 0.281. The van der Waals surface area contributed by atoms with Crippen molar-refractivity contribution in [1.82, 2.24) is 0 Å². The first-order valence-electron chi connectivity index (χ1n) is 13.5. The van der Waals surface area contributed by atoms with Crippen LogP contribution < -0.4 is 4.90 Å². The SMILES string of the molecule is C/C1=C(\O)C[N+]2=C(/C=C/C=C3\N(CCCS1)c1ccc(S(=O)(=O)O)cc1C3(C)C)C(C)(C)c1cc(S(=O)(=O)O)ccc12. The molecule has 3 aliphatic heterocycles. The lowest BCUT2D eigenvalue weighted by Gasteiger charge is -2.27. The Kier molecular flexibility index (Phi) is 7.55. The van der Waals surface area contributed by atoms with E-state index < -0.39 is 31.1 Å². The monoisotopic (exact) mass is 631 g/mol. The van der Waals surface area contributed by atoms with Gasteiger partial charge in [0.2, 0.25) is 12.2 Å². The molecule has 3 aliphatic rings. The van der Waals surface area contributed by atoms with Gasteiger partial charge in [0.05, 0.1) is 15.2 Å². The van der Waals surface area contributed by atoms with Crippen molar-refractivity contribution in [2.75, 3.05) is 23.7 Å². The highest BCUT2D eigenvalue weighted by Crippen LogP contribution is 2.49. The number of fused-ring (bicyclic) bond motifs is 5. The number of hydrogen-bond donors (Lipinski definition) is 3. The van der Waals surface area contributed by atoms with Crippen molar-refractivity contribution in [3.8, 4) is 0 Å². The van der Waals surface area contributed by atoms with E-state index in [0.29, 0.717) is 12.1 Å². The second-order valence-corrected chi connectivity index (χ2v) is 15.9. The Labute approximate surface area is 251 Å². The average molecular weight is 632 g/mol. The van der Waals surface area contributed by atoms with Crippen LogP contribution in [0.2, 0.25) is 0 Å². The second-order valence-electron chi connectivity index (χ2n) is 11.8. The first kappa shape index (κ1) is 30.6. The van der Waals surface area contributed by atoms with E-state index in [1.165, 1.54) is 24.3 Å². The van der Waals surface area contributed by atoms with E-state index in [2.05, 4.69) is 4.90 Å². The van der Waals surface area contributed by atoms with Crippen LogP contribution in [0.25, 0.3) is 0 Å². The molecule has 12 heteroatoms. The van der Waals surface area contributed by atoms with Crippen LogP contribution in [-0.2, 0) is 31.1 Å². The zero-order valence-electron chi connectivity index (χ0n) is 24.1. The van der Waals surface area contributed by atoms with Gasteiger partial charge in [0.1, 0.15) is 0 Å². The summed E-state index contributed by atoms with van der Waals surface area (Å²) in [6.07, 6.45) is 6.66. The fourth-order valence-electron chi connectivity index (χ4n) is 6.06. The maximum atomic E-state index is 11.9. The molecule has 42 heavy (non-hydrogen) atoms. The Hall–Kier alpha value is -2.90. The molecule has 0 radical (unpaired) electrons. The molecule has 0 saturated heterocycles. The van der Waals surface area contributed by atoms with Crippen molar-refractivity contribution in [3.63, 3.8) is 0 Å². The molecule has 224 valence electrons. The van der Waals surface area contributed by atoms with Gasteiger partial charge in [-0.25, -0.2) is 0 Å². The van der Waals surface area contributed by atoms with Crippen molar-refractivity contribution in [2.45, 2.75) is 61.7 Å². The van der Waals surface area contributed by atoms with Crippen LogP contribution in [0.5, 0.6) is 0 Å². The Morgan fingerprint density at radius 2 is 1.52 bits per heavy atom. The average Bonchev–Trinajstić information content (AvgIpc) is 3.23. The van der Waals surface area contributed by atoms with Crippen molar-refractivity contribution >= 4 is 49.1 Å². The maximum absolute atomic E-state index is 11.9. The highest BCUT2D eigenvalue weighted by atomic mass is 32.2. The van der Waals surface area contributed by atoms with Crippen LogP contribution in [0.4, 0.5) is 11.4 Å². The normalized spacial score (nSPS) is 24.2. The highest BCUT2D eigenvalue weighted by Gasteiger charge is 2.46. The summed E-state index contributed by atoms with van der Waals surface area (Å²) in [6.45, 7) is 10.7. The third-order valence-electron chi connectivity index (χ3n) is 8.39. The van der Waals surface area contributed by atoms with Gasteiger partial charge in [-0.15, -0.1) is 11.8 Å². The number of anilines is 1. The van der Waals surface area contributed by atoms with Gasteiger partial charge in [-0.3, -0.25) is 9.11 Å². The fourth-order valence-corrected chi connectivity index (χ4v) is 7.89. The molecule has 5 rings (SSSR count). The molecule has 2 aromatic rings. The van der Waals surface area contributed by atoms with Gasteiger partial charge in [0, 0.05) is 46.0 Å². The summed E-state index contributed by atoms with van der Waals surface area (Å²) in [5, 5.41) is 11.1. The third kappa shape index (κ3) is 5.24. The van der Waals surface area contributed by atoms with Crippen molar-refractivity contribution in [2.24, 2.45) is 0 Å². The van der Waals surface area contributed by atoms with Crippen LogP contribution in [-0.4, -0.2) is 60.2 Å². The van der Waals surface area contributed by atoms with Crippen LogP contribution in [0.3, 0.4) is 0 Å². The summed E-state index contributed by atoms with van der Waals surface area (Å²) in [5.41, 5.74) is 3.68. The van der Waals surface area contributed by atoms with Gasteiger partial charge in [-0.1, -0.05) is 19.9 Å². The molecule has 0 amide bonds. The molecule has 3 N–H and O–H groups in total. The zero-order chi connectivity index (χ0) is 30.8.